The van der Waals surface area contributed by atoms with Crippen LogP contribution in [0.1, 0.15) is 23.2 Å². The van der Waals surface area contributed by atoms with E-state index in [1.807, 2.05) is 47.0 Å². The van der Waals surface area contributed by atoms with Gasteiger partial charge >= 0.3 is 0 Å². The molecule has 28 heavy (non-hydrogen) atoms. The van der Waals surface area contributed by atoms with Gasteiger partial charge in [-0.1, -0.05) is 24.3 Å². The summed E-state index contributed by atoms with van der Waals surface area (Å²) < 4.78 is 7.57. The summed E-state index contributed by atoms with van der Waals surface area (Å²) in [6.45, 7) is 1.63. The quantitative estimate of drug-likeness (QED) is 0.741. The van der Waals surface area contributed by atoms with E-state index >= 15 is 0 Å². The van der Waals surface area contributed by atoms with Gasteiger partial charge in [0, 0.05) is 49.0 Å². The van der Waals surface area contributed by atoms with Crippen molar-refractivity contribution >= 4 is 28.4 Å². The summed E-state index contributed by atoms with van der Waals surface area (Å²) in [7, 11) is 1.92. The SMILES string of the molecule is Cn1cc(C(=O)Nc2cccc(OCC(=O)N3CCCC3)c2)c2ccccc21. The van der Waals surface area contributed by atoms with Gasteiger partial charge in [-0.05, 0) is 31.0 Å². The Morgan fingerprint density at radius 1 is 1.07 bits per heavy atom. The molecule has 0 radical (unpaired) electrons. The lowest BCUT2D eigenvalue weighted by molar-refractivity contribution is -0.132. The molecule has 1 saturated heterocycles. The zero-order valence-corrected chi connectivity index (χ0v) is 15.9. The maximum absolute atomic E-state index is 12.8. The fraction of sp³-hybridized carbons (Fsp3) is 0.273. The van der Waals surface area contributed by atoms with E-state index in [0.717, 1.165) is 36.8 Å². The van der Waals surface area contributed by atoms with Crippen molar-refractivity contribution in [1.29, 1.82) is 0 Å². The smallest absolute Gasteiger partial charge is 0.260 e. The molecule has 3 aromatic rings. The van der Waals surface area contributed by atoms with E-state index in [0.29, 0.717) is 17.0 Å². The zero-order chi connectivity index (χ0) is 19.5. The molecular weight excluding hydrogens is 354 g/mol. The van der Waals surface area contributed by atoms with Crippen LogP contribution in [0.4, 0.5) is 5.69 Å². The number of likely N-dealkylation sites (tertiary alicyclic amines) is 1. The number of benzene rings is 2. The van der Waals surface area contributed by atoms with Gasteiger partial charge in [0.15, 0.2) is 6.61 Å². The number of rotatable bonds is 5. The number of aryl methyl sites for hydroxylation is 1. The Morgan fingerprint density at radius 2 is 1.86 bits per heavy atom. The summed E-state index contributed by atoms with van der Waals surface area (Å²) in [5.41, 5.74) is 2.25. The minimum Gasteiger partial charge on any atom is -0.484 e. The molecule has 0 spiro atoms. The zero-order valence-electron chi connectivity index (χ0n) is 15.9. The van der Waals surface area contributed by atoms with Crippen LogP contribution >= 0.6 is 0 Å². The van der Waals surface area contributed by atoms with Gasteiger partial charge in [0.2, 0.25) is 0 Å². The second-order valence-corrected chi connectivity index (χ2v) is 7.03. The molecule has 6 nitrogen and oxygen atoms in total. The van der Waals surface area contributed by atoms with E-state index in [4.69, 9.17) is 4.74 Å². The van der Waals surface area contributed by atoms with Crippen LogP contribution in [0.3, 0.4) is 0 Å². The van der Waals surface area contributed by atoms with Crippen LogP contribution in [0.15, 0.2) is 54.7 Å². The first-order valence-corrected chi connectivity index (χ1v) is 9.48. The molecule has 0 saturated carbocycles. The van der Waals surface area contributed by atoms with Gasteiger partial charge < -0.3 is 19.5 Å². The Morgan fingerprint density at radius 3 is 2.68 bits per heavy atom. The van der Waals surface area contributed by atoms with Crippen molar-refractivity contribution in [2.24, 2.45) is 7.05 Å². The van der Waals surface area contributed by atoms with Crippen LogP contribution in [-0.2, 0) is 11.8 Å². The number of aromatic nitrogens is 1. The Hall–Kier alpha value is -3.28. The lowest BCUT2D eigenvalue weighted by atomic mass is 10.1. The number of hydrogen-bond donors (Lipinski definition) is 1. The van der Waals surface area contributed by atoms with E-state index in [1.165, 1.54) is 0 Å². The molecule has 1 N–H and O–H groups in total. The Bertz CT molecular complexity index is 1020. The van der Waals surface area contributed by atoms with Gasteiger partial charge in [0.1, 0.15) is 5.75 Å². The standard InChI is InChI=1S/C22H23N3O3/c1-24-14-19(18-9-2-3-10-20(18)24)22(27)23-16-7-6-8-17(13-16)28-15-21(26)25-11-4-5-12-25/h2-3,6-10,13-14H,4-5,11-12,15H2,1H3,(H,23,27). The second kappa shape index (κ2) is 7.76. The molecule has 0 bridgehead atoms. The fourth-order valence-corrected chi connectivity index (χ4v) is 3.59. The van der Waals surface area contributed by atoms with E-state index in [-0.39, 0.29) is 18.4 Å². The minimum atomic E-state index is -0.179. The number of carbonyl (C=O) groups excluding carboxylic acids is 2. The largest absolute Gasteiger partial charge is 0.484 e. The van der Waals surface area contributed by atoms with Crippen molar-refractivity contribution in [1.82, 2.24) is 9.47 Å². The summed E-state index contributed by atoms with van der Waals surface area (Å²) in [6, 6.07) is 14.9. The number of hydrogen-bond acceptors (Lipinski definition) is 3. The third kappa shape index (κ3) is 3.71. The third-order valence-corrected chi connectivity index (χ3v) is 5.05. The van der Waals surface area contributed by atoms with E-state index < -0.39 is 0 Å². The number of fused-ring (bicyclic) bond motifs is 1. The molecule has 1 aromatic heterocycles. The Balaban J connectivity index is 1.44. The molecule has 0 atom stereocenters. The van der Waals surface area contributed by atoms with Crippen LogP contribution in [0.2, 0.25) is 0 Å². The van der Waals surface area contributed by atoms with Crippen LogP contribution in [0.25, 0.3) is 10.9 Å². The summed E-state index contributed by atoms with van der Waals surface area (Å²) in [5.74, 6) is 0.382. The third-order valence-electron chi connectivity index (χ3n) is 5.05. The van der Waals surface area contributed by atoms with Crippen molar-refractivity contribution in [3.8, 4) is 5.75 Å². The molecular formula is C22H23N3O3. The second-order valence-electron chi connectivity index (χ2n) is 7.03. The monoisotopic (exact) mass is 377 g/mol. The predicted octanol–water partition coefficient (Wildman–Crippen LogP) is 3.43. The minimum absolute atomic E-state index is 0.00249. The number of para-hydroxylation sites is 1. The van der Waals surface area contributed by atoms with Crippen LogP contribution in [0, 0.1) is 0 Å². The van der Waals surface area contributed by atoms with Gasteiger partial charge in [0.05, 0.1) is 5.56 Å². The van der Waals surface area contributed by atoms with Crippen molar-refractivity contribution in [2.75, 3.05) is 25.0 Å². The average Bonchev–Trinajstić information content (AvgIpc) is 3.35. The molecule has 2 heterocycles. The number of amides is 2. The maximum Gasteiger partial charge on any atom is 0.260 e. The Kier molecular flexibility index (Phi) is 5.02. The molecule has 144 valence electrons. The van der Waals surface area contributed by atoms with E-state index in [9.17, 15) is 9.59 Å². The number of nitrogens with zero attached hydrogens (tertiary/aromatic N) is 2. The Labute approximate surface area is 163 Å². The maximum atomic E-state index is 12.8. The van der Waals surface area contributed by atoms with Crippen molar-refractivity contribution in [2.45, 2.75) is 12.8 Å². The highest BCUT2D eigenvalue weighted by molar-refractivity contribution is 6.13. The topological polar surface area (TPSA) is 63.6 Å². The number of anilines is 1. The average molecular weight is 377 g/mol. The van der Waals surface area contributed by atoms with Crippen LogP contribution in [0.5, 0.6) is 5.75 Å². The first kappa shape index (κ1) is 18.1. The number of carbonyl (C=O) groups is 2. The van der Waals surface area contributed by atoms with E-state index in [1.54, 1.807) is 24.3 Å². The molecule has 4 rings (SSSR count). The van der Waals surface area contributed by atoms with Gasteiger partial charge in [-0.15, -0.1) is 0 Å². The molecule has 2 amide bonds. The molecule has 2 aromatic carbocycles. The van der Waals surface area contributed by atoms with Crippen molar-refractivity contribution < 1.29 is 14.3 Å². The summed E-state index contributed by atoms with van der Waals surface area (Å²) in [6.07, 6.45) is 3.94. The lowest BCUT2D eigenvalue weighted by Gasteiger charge is -2.15. The molecule has 0 unspecified atom stereocenters. The van der Waals surface area contributed by atoms with Gasteiger partial charge in [-0.25, -0.2) is 0 Å². The van der Waals surface area contributed by atoms with Gasteiger partial charge in [-0.3, -0.25) is 9.59 Å². The van der Waals surface area contributed by atoms with Crippen molar-refractivity contribution in [3.63, 3.8) is 0 Å². The first-order chi connectivity index (χ1) is 13.6. The van der Waals surface area contributed by atoms with E-state index in [2.05, 4.69) is 5.32 Å². The lowest BCUT2D eigenvalue weighted by Crippen LogP contribution is -2.32. The highest BCUT2D eigenvalue weighted by Crippen LogP contribution is 2.23. The highest BCUT2D eigenvalue weighted by Gasteiger charge is 2.18. The summed E-state index contributed by atoms with van der Waals surface area (Å²) in [5, 5.41) is 3.83. The molecule has 1 aliphatic rings. The molecule has 1 fully saturated rings. The number of ether oxygens (including phenoxy) is 1. The predicted molar refractivity (Wildman–Crippen MR) is 109 cm³/mol. The van der Waals surface area contributed by atoms with Gasteiger partial charge in [0.25, 0.3) is 11.8 Å². The van der Waals surface area contributed by atoms with Crippen LogP contribution < -0.4 is 10.1 Å². The molecule has 6 heteroatoms. The summed E-state index contributed by atoms with van der Waals surface area (Å²) in [4.78, 5) is 26.7. The normalized spacial score (nSPS) is 13.7. The molecule has 0 aliphatic carbocycles. The van der Waals surface area contributed by atoms with Crippen molar-refractivity contribution in [3.05, 3.63) is 60.3 Å². The highest BCUT2D eigenvalue weighted by atomic mass is 16.5. The van der Waals surface area contributed by atoms with Gasteiger partial charge in [-0.2, -0.15) is 0 Å². The summed E-state index contributed by atoms with van der Waals surface area (Å²) >= 11 is 0. The molecule has 1 aliphatic heterocycles. The van der Waals surface area contributed by atoms with Crippen LogP contribution in [-0.4, -0.2) is 41.0 Å². The fourth-order valence-electron chi connectivity index (χ4n) is 3.59. The first-order valence-electron chi connectivity index (χ1n) is 9.48. The number of nitrogens with one attached hydrogen (secondary N) is 1.